The second-order valence-electron chi connectivity index (χ2n) is 7.09. The SMILES string of the molecule is C=C(CCn1ccnc1)NC1Cc2cccc(C(=C)CCCC)c2CN1. The van der Waals surface area contributed by atoms with E-state index in [0.29, 0.717) is 0 Å². The van der Waals surface area contributed by atoms with E-state index in [1.807, 2.05) is 18.7 Å². The van der Waals surface area contributed by atoms with Crippen molar-refractivity contribution in [2.45, 2.75) is 58.3 Å². The van der Waals surface area contributed by atoms with Crippen molar-refractivity contribution in [2.24, 2.45) is 0 Å². The summed E-state index contributed by atoms with van der Waals surface area (Å²) < 4.78 is 2.07. The number of nitrogens with one attached hydrogen (secondary N) is 2. The maximum absolute atomic E-state index is 4.32. The molecule has 1 aliphatic rings. The van der Waals surface area contributed by atoms with Crippen LogP contribution in [-0.4, -0.2) is 15.7 Å². The van der Waals surface area contributed by atoms with Crippen molar-refractivity contribution >= 4 is 5.57 Å². The molecule has 0 fully saturated rings. The van der Waals surface area contributed by atoms with E-state index in [-0.39, 0.29) is 6.17 Å². The Morgan fingerprint density at radius 3 is 3.00 bits per heavy atom. The summed E-state index contributed by atoms with van der Waals surface area (Å²) in [6.07, 6.45) is 11.2. The smallest absolute Gasteiger partial charge is 0.0946 e. The molecule has 1 aromatic heterocycles. The number of hydrogen-bond donors (Lipinski definition) is 2. The third kappa shape index (κ3) is 4.64. The van der Waals surface area contributed by atoms with Gasteiger partial charge < -0.3 is 9.88 Å². The second-order valence-corrected chi connectivity index (χ2v) is 7.09. The van der Waals surface area contributed by atoms with E-state index in [4.69, 9.17) is 0 Å². The first-order valence-electron chi connectivity index (χ1n) is 9.59. The molecular formula is C22H30N4. The lowest BCUT2D eigenvalue weighted by atomic mass is 9.89. The van der Waals surface area contributed by atoms with Gasteiger partial charge >= 0.3 is 0 Å². The summed E-state index contributed by atoms with van der Waals surface area (Å²) in [5.41, 5.74) is 6.49. The maximum atomic E-state index is 4.32. The number of unbranched alkanes of at least 4 members (excludes halogenated alkanes) is 1. The van der Waals surface area contributed by atoms with Crippen LogP contribution in [0.2, 0.25) is 0 Å². The Kier molecular flexibility index (Phi) is 6.29. The third-order valence-corrected chi connectivity index (χ3v) is 5.04. The first kappa shape index (κ1) is 18.5. The molecule has 1 atom stereocenters. The van der Waals surface area contributed by atoms with E-state index in [1.165, 1.54) is 35.1 Å². The van der Waals surface area contributed by atoms with Gasteiger partial charge in [0, 0.05) is 44.0 Å². The molecule has 1 aliphatic heterocycles. The zero-order chi connectivity index (χ0) is 18.4. The predicted molar refractivity (Wildman–Crippen MR) is 108 cm³/mol. The average molecular weight is 351 g/mol. The van der Waals surface area contributed by atoms with Gasteiger partial charge in [0.1, 0.15) is 0 Å². The fraction of sp³-hybridized carbons (Fsp3) is 0.409. The number of allylic oxidation sites excluding steroid dienone is 2. The van der Waals surface area contributed by atoms with Gasteiger partial charge in [0.25, 0.3) is 0 Å². The maximum Gasteiger partial charge on any atom is 0.0946 e. The summed E-state index contributed by atoms with van der Waals surface area (Å²) in [5.74, 6) is 0. The number of hydrogen-bond acceptors (Lipinski definition) is 3. The number of aryl methyl sites for hydroxylation is 1. The zero-order valence-electron chi connectivity index (χ0n) is 15.8. The van der Waals surface area contributed by atoms with E-state index < -0.39 is 0 Å². The summed E-state index contributed by atoms with van der Waals surface area (Å²) in [5, 5.41) is 7.16. The molecule has 2 aromatic rings. The van der Waals surface area contributed by atoms with Crippen LogP contribution in [0.3, 0.4) is 0 Å². The molecule has 1 unspecified atom stereocenters. The number of aromatic nitrogens is 2. The van der Waals surface area contributed by atoms with Gasteiger partial charge in [-0.3, -0.25) is 5.32 Å². The molecule has 2 N–H and O–H groups in total. The lowest BCUT2D eigenvalue weighted by molar-refractivity contribution is 0.422. The Labute approximate surface area is 157 Å². The van der Waals surface area contributed by atoms with Gasteiger partial charge in [0.2, 0.25) is 0 Å². The standard InChI is InChI=1S/C22H30N4/c1-4-5-7-17(2)20-9-6-8-19-14-22(24-15-21(19)20)25-18(3)10-12-26-13-11-23-16-26/h6,8-9,11,13,16,22,24-25H,2-5,7,10,12,14-15H2,1H3. The van der Waals surface area contributed by atoms with Gasteiger partial charge in [-0.05, 0) is 35.1 Å². The van der Waals surface area contributed by atoms with E-state index in [0.717, 1.165) is 38.0 Å². The number of rotatable bonds is 9. The molecule has 2 heterocycles. The molecule has 3 rings (SSSR count). The van der Waals surface area contributed by atoms with Crippen LogP contribution < -0.4 is 10.6 Å². The molecule has 0 amide bonds. The largest absolute Gasteiger partial charge is 0.373 e. The van der Waals surface area contributed by atoms with Crippen LogP contribution in [-0.2, 0) is 19.5 Å². The van der Waals surface area contributed by atoms with Crippen molar-refractivity contribution in [3.8, 4) is 0 Å². The summed E-state index contributed by atoms with van der Waals surface area (Å²) in [6.45, 7) is 12.5. The number of nitrogens with zero attached hydrogens (tertiary/aromatic N) is 2. The van der Waals surface area contributed by atoms with Crippen LogP contribution in [0.25, 0.3) is 5.57 Å². The summed E-state index contributed by atoms with van der Waals surface area (Å²) in [7, 11) is 0. The highest BCUT2D eigenvalue weighted by atomic mass is 15.1. The quantitative estimate of drug-likeness (QED) is 0.710. The van der Waals surface area contributed by atoms with Crippen LogP contribution in [0.4, 0.5) is 0 Å². The molecule has 26 heavy (non-hydrogen) atoms. The Morgan fingerprint density at radius 1 is 1.35 bits per heavy atom. The number of fused-ring (bicyclic) bond motifs is 1. The minimum Gasteiger partial charge on any atom is -0.373 e. The van der Waals surface area contributed by atoms with Crippen molar-refractivity contribution in [3.63, 3.8) is 0 Å². The van der Waals surface area contributed by atoms with Crippen molar-refractivity contribution in [3.05, 3.63) is 72.5 Å². The molecule has 0 saturated heterocycles. The van der Waals surface area contributed by atoms with E-state index in [1.54, 1.807) is 0 Å². The fourth-order valence-corrected chi connectivity index (χ4v) is 3.51. The lowest BCUT2D eigenvalue weighted by Gasteiger charge is -2.30. The predicted octanol–water partition coefficient (Wildman–Crippen LogP) is 4.25. The van der Waals surface area contributed by atoms with Crippen molar-refractivity contribution in [2.75, 3.05) is 0 Å². The van der Waals surface area contributed by atoms with Crippen LogP contribution >= 0.6 is 0 Å². The molecule has 0 radical (unpaired) electrons. The van der Waals surface area contributed by atoms with E-state index in [9.17, 15) is 0 Å². The van der Waals surface area contributed by atoms with Crippen molar-refractivity contribution in [1.29, 1.82) is 0 Å². The van der Waals surface area contributed by atoms with Gasteiger partial charge in [-0.2, -0.15) is 0 Å². The van der Waals surface area contributed by atoms with Gasteiger partial charge in [-0.1, -0.05) is 44.7 Å². The fourth-order valence-electron chi connectivity index (χ4n) is 3.51. The molecule has 138 valence electrons. The molecule has 4 nitrogen and oxygen atoms in total. The normalized spacial score (nSPS) is 16.1. The van der Waals surface area contributed by atoms with E-state index in [2.05, 4.69) is 58.5 Å². The minimum absolute atomic E-state index is 0.233. The molecule has 0 saturated carbocycles. The monoisotopic (exact) mass is 350 g/mol. The Morgan fingerprint density at radius 2 is 2.23 bits per heavy atom. The van der Waals surface area contributed by atoms with Crippen LogP contribution in [0.5, 0.6) is 0 Å². The zero-order valence-corrected chi connectivity index (χ0v) is 15.8. The Balaban J connectivity index is 1.57. The Hall–Kier alpha value is -2.33. The van der Waals surface area contributed by atoms with Crippen molar-refractivity contribution < 1.29 is 0 Å². The molecular weight excluding hydrogens is 320 g/mol. The minimum atomic E-state index is 0.233. The first-order chi connectivity index (χ1) is 12.7. The van der Waals surface area contributed by atoms with E-state index >= 15 is 0 Å². The van der Waals surface area contributed by atoms with Crippen LogP contribution in [0.15, 0.2) is 55.8 Å². The van der Waals surface area contributed by atoms with Crippen molar-refractivity contribution in [1.82, 2.24) is 20.2 Å². The molecule has 4 heteroatoms. The molecule has 0 spiro atoms. The van der Waals surface area contributed by atoms with Crippen LogP contribution in [0, 0.1) is 0 Å². The summed E-state index contributed by atoms with van der Waals surface area (Å²) >= 11 is 0. The highest BCUT2D eigenvalue weighted by Gasteiger charge is 2.20. The second kappa shape index (κ2) is 8.86. The van der Waals surface area contributed by atoms with Gasteiger partial charge in [0.15, 0.2) is 0 Å². The number of imidazole rings is 1. The topological polar surface area (TPSA) is 41.9 Å². The highest BCUT2D eigenvalue weighted by Crippen LogP contribution is 2.28. The molecule has 0 bridgehead atoms. The summed E-state index contributed by atoms with van der Waals surface area (Å²) in [4.78, 5) is 4.08. The molecule has 1 aromatic carbocycles. The summed E-state index contributed by atoms with van der Waals surface area (Å²) in [6, 6.07) is 6.63. The van der Waals surface area contributed by atoms with Gasteiger partial charge in [-0.25, -0.2) is 4.98 Å². The Bertz CT molecular complexity index is 746. The van der Waals surface area contributed by atoms with Gasteiger partial charge in [-0.15, -0.1) is 0 Å². The van der Waals surface area contributed by atoms with Crippen LogP contribution in [0.1, 0.15) is 49.3 Å². The highest BCUT2D eigenvalue weighted by molar-refractivity contribution is 5.67. The lowest BCUT2D eigenvalue weighted by Crippen LogP contribution is -2.46. The average Bonchev–Trinajstić information content (AvgIpc) is 3.17. The third-order valence-electron chi connectivity index (χ3n) is 5.04. The molecule has 0 aliphatic carbocycles. The number of benzene rings is 1. The van der Waals surface area contributed by atoms with Gasteiger partial charge in [0.05, 0.1) is 12.5 Å². The first-order valence-corrected chi connectivity index (χ1v) is 9.59.